The number of carbonyl (C=O) groups is 3. The number of piperazine rings is 1. The van der Waals surface area contributed by atoms with Gasteiger partial charge >= 0.3 is 6.03 Å². The average molecular weight is 482 g/mol. The molecule has 4 amide bonds. The minimum Gasteiger partial charge on any atom is -0.333 e. The number of benzene rings is 2. The maximum absolute atomic E-state index is 13.6. The molecule has 0 saturated carbocycles. The van der Waals surface area contributed by atoms with Crippen molar-refractivity contribution in [3.63, 3.8) is 0 Å². The second-order valence-electron chi connectivity index (χ2n) is 9.49. The lowest BCUT2D eigenvalue weighted by atomic mass is 9.94. The number of hydrogen-bond acceptors (Lipinski definition) is 4. The number of amides is 4. The number of fused-ring (bicyclic) bond motifs is 1. The number of hydrazine groups is 1. The van der Waals surface area contributed by atoms with Crippen LogP contribution in [0.25, 0.3) is 0 Å². The van der Waals surface area contributed by atoms with E-state index in [1.54, 1.807) is 34.0 Å². The number of hydrogen-bond donors (Lipinski definition) is 1. The third kappa shape index (κ3) is 4.86. The first-order chi connectivity index (χ1) is 16.7. The van der Waals surface area contributed by atoms with Gasteiger partial charge in [0.1, 0.15) is 18.0 Å². The summed E-state index contributed by atoms with van der Waals surface area (Å²) in [6.45, 7) is 6.19. The Morgan fingerprint density at radius 2 is 1.71 bits per heavy atom. The number of nitrogens with zero attached hydrogens (tertiary/aromatic N) is 4. The van der Waals surface area contributed by atoms with E-state index in [1.807, 2.05) is 51.1 Å². The maximum Gasteiger partial charge on any atom is 0.334 e. The van der Waals surface area contributed by atoms with E-state index in [-0.39, 0.29) is 55.3 Å². The summed E-state index contributed by atoms with van der Waals surface area (Å²) in [7, 11) is 1.69. The quantitative estimate of drug-likeness (QED) is 0.713. The van der Waals surface area contributed by atoms with Crippen LogP contribution in [-0.4, -0.2) is 70.0 Å². The molecule has 35 heavy (non-hydrogen) atoms. The van der Waals surface area contributed by atoms with E-state index < -0.39 is 12.2 Å². The van der Waals surface area contributed by atoms with Crippen molar-refractivity contribution in [3.05, 3.63) is 71.5 Å². The van der Waals surface area contributed by atoms with Crippen LogP contribution in [-0.2, 0) is 16.1 Å². The van der Waals surface area contributed by atoms with E-state index in [4.69, 9.17) is 0 Å². The second-order valence-corrected chi connectivity index (χ2v) is 9.49. The zero-order chi connectivity index (χ0) is 25.3. The predicted molar refractivity (Wildman–Crippen MR) is 129 cm³/mol. The van der Waals surface area contributed by atoms with Crippen LogP contribution < -0.4 is 5.32 Å². The average Bonchev–Trinajstić information content (AvgIpc) is 2.83. The maximum atomic E-state index is 13.6. The van der Waals surface area contributed by atoms with Gasteiger partial charge in [-0.15, -0.1) is 0 Å². The van der Waals surface area contributed by atoms with Gasteiger partial charge in [-0.3, -0.25) is 9.59 Å². The summed E-state index contributed by atoms with van der Waals surface area (Å²) in [4.78, 5) is 43.5. The van der Waals surface area contributed by atoms with Crippen LogP contribution in [0, 0.1) is 11.7 Å². The molecule has 2 aliphatic heterocycles. The molecule has 1 N–H and O–H groups in total. The molecule has 1 unspecified atom stereocenters. The summed E-state index contributed by atoms with van der Waals surface area (Å²) in [5.41, 5.74) is 1.74. The van der Waals surface area contributed by atoms with Gasteiger partial charge in [0.2, 0.25) is 11.8 Å². The van der Waals surface area contributed by atoms with Gasteiger partial charge in [-0.2, -0.15) is 0 Å². The minimum absolute atomic E-state index is 0.00872. The number of carbonyl (C=O) groups excluding carboxylic acids is 3. The first-order valence-corrected chi connectivity index (χ1v) is 11.9. The van der Waals surface area contributed by atoms with E-state index in [1.165, 1.54) is 17.1 Å². The number of likely N-dealkylation sites (N-methyl/N-ethyl adjacent to an activating group) is 1. The van der Waals surface area contributed by atoms with Crippen molar-refractivity contribution in [2.75, 3.05) is 20.1 Å². The zero-order valence-corrected chi connectivity index (χ0v) is 20.5. The third-order valence-corrected chi connectivity index (χ3v) is 6.77. The molecule has 2 aliphatic rings. The van der Waals surface area contributed by atoms with Crippen molar-refractivity contribution in [2.45, 2.75) is 45.6 Å². The van der Waals surface area contributed by atoms with Gasteiger partial charge in [0.05, 0.1) is 19.1 Å². The van der Waals surface area contributed by atoms with Gasteiger partial charge in [-0.05, 0) is 36.1 Å². The Hall–Kier alpha value is -3.46. The van der Waals surface area contributed by atoms with E-state index in [9.17, 15) is 18.8 Å². The predicted octanol–water partition coefficient (Wildman–Crippen LogP) is 2.98. The highest BCUT2D eigenvalue weighted by Gasteiger charge is 2.52. The van der Waals surface area contributed by atoms with Crippen LogP contribution in [0.3, 0.4) is 0 Å². The summed E-state index contributed by atoms with van der Waals surface area (Å²) in [5.74, 6) is -0.771. The van der Waals surface area contributed by atoms with Crippen molar-refractivity contribution < 1.29 is 18.8 Å². The summed E-state index contributed by atoms with van der Waals surface area (Å²) in [6.07, 6.45) is -0.647. The van der Waals surface area contributed by atoms with Crippen LogP contribution in [0.1, 0.15) is 37.9 Å². The van der Waals surface area contributed by atoms with Gasteiger partial charge < -0.3 is 15.1 Å². The van der Waals surface area contributed by atoms with Crippen molar-refractivity contribution in [1.29, 1.82) is 0 Å². The highest BCUT2D eigenvalue weighted by molar-refractivity contribution is 5.91. The molecule has 9 heteroatoms. The molecular formula is C26H32FN5O3. The second kappa shape index (κ2) is 10.0. The van der Waals surface area contributed by atoms with Crippen molar-refractivity contribution in [1.82, 2.24) is 25.1 Å². The van der Waals surface area contributed by atoms with Crippen molar-refractivity contribution in [3.8, 4) is 0 Å². The van der Waals surface area contributed by atoms with Crippen LogP contribution in [0.5, 0.6) is 0 Å². The van der Waals surface area contributed by atoms with Crippen LogP contribution >= 0.6 is 0 Å². The number of urea groups is 1. The van der Waals surface area contributed by atoms with E-state index in [2.05, 4.69) is 5.32 Å². The Morgan fingerprint density at radius 1 is 1.06 bits per heavy atom. The smallest absolute Gasteiger partial charge is 0.333 e. The van der Waals surface area contributed by atoms with E-state index >= 15 is 0 Å². The molecule has 0 aromatic heterocycles. The Labute approximate surface area is 205 Å². The number of halogens is 1. The van der Waals surface area contributed by atoms with Crippen LogP contribution in [0.2, 0.25) is 0 Å². The molecule has 0 bridgehead atoms. The lowest BCUT2D eigenvalue weighted by Gasteiger charge is -2.56. The highest BCUT2D eigenvalue weighted by Crippen LogP contribution is 2.33. The largest absolute Gasteiger partial charge is 0.334 e. The lowest BCUT2D eigenvalue weighted by Crippen LogP contribution is -2.76. The Balaban J connectivity index is 1.63. The molecule has 2 fully saturated rings. The summed E-state index contributed by atoms with van der Waals surface area (Å²) in [6, 6.07) is 14.4. The molecule has 0 aliphatic carbocycles. The Bertz CT molecular complexity index is 1080. The lowest BCUT2D eigenvalue weighted by molar-refractivity contribution is -0.192. The van der Waals surface area contributed by atoms with Crippen LogP contribution in [0.15, 0.2) is 54.6 Å². The Morgan fingerprint density at radius 3 is 2.34 bits per heavy atom. The molecular weight excluding hydrogens is 449 g/mol. The number of nitrogens with one attached hydrogen (secondary N) is 1. The first-order valence-electron chi connectivity index (χ1n) is 11.9. The monoisotopic (exact) mass is 481 g/mol. The van der Waals surface area contributed by atoms with Crippen LogP contribution in [0.4, 0.5) is 9.18 Å². The molecule has 2 saturated heterocycles. The van der Waals surface area contributed by atoms with E-state index in [0.29, 0.717) is 0 Å². The SMILES string of the molecule is CC(C)[C@H]1C(=O)N(C(C)c2ccccc2)C[C@H]2N1C(=O)CN(C)N2C(=O)NCc1ccc(F)cc1. The summed E-state index contributed by atoms with van der Waals surface area (Å²) < 4.78 is 13.2. The summed E-state index contributed by atoms with van der Waals surface area (Å²) >= 11 is 0. The fourth-order valence-corrected chi connectivity index (χ4v) is 4.94. The first kappa shape index (κ1) is 24.7. The number of rotatable bonds is 5. The fraction of sp³-hybridized carbons (Fsp3) is 0.423. The molecule has 186 valence electrons. The van der Waals surface area contributed by atoms with E-state index in [0.717, 1.165) is 11.1 Å². The normalized spacial score (nSPS) is 21.8. The summed E-state index contributed by atoms with van der Waals surface area (Å²) in [5, 5.41) is 6.00. The third-order valence-electron chi connectivity index (χ3n) is 6.77. The van der Waals surface area contributed by atoms with Crippen molar-refractivity contribution >= 4 is 17.8 Å². The molecule has 4 rings (SSSR count). The molecule has 2 heterocycles. The van der Waals surface area contributed by atoms with Gasteiger partial charge in [0.15, 0.2) is 0 Å². The standard InChI is InChI=1S/C26H32FN5O3/c1-17(2)24-25(34)30(18(3)20-8-6-5-7-9-20)15-22-31(24)23(33)16-29(4)32(22)26(35)28-14-19-10-12-21(27)13-11-19/h5-13,17-18,22,24H,14-16H2,1-4H3,(H,28,35)/t18?,22-,24-/m0/s1. The topological polar surface area (TPSA) is 76.2 Å². The molecule has 3 atom stereocenters. The van der Waals surface area contributed by atoms with Gasteiger partial charge in [0.25, 0.3) is 0 Å². The van der Waals surface area contributed by atoms with Gasteiger partial charge in [-0.1, -0.05) is 56.3 Å². The zero-order valence-electron chi connectivity index (χ0n) is 20.5. The fourth-order valence-electron chi connectivity index (χ4n) is 4.94. The Kier molecular flexibility index (Phi) is 7.07. The molecule has 8 nitrogen and oxygen atoms in total. The molecule has 0 spiro atoms. The molecule has 2 aromatic carbocycles. The minimum atomic E-state index is -0.673. The molecule has 0 radical (unpaired) electrons. The van der Waals surface area contributed by atoms with Gasteiger partial charge in [0, 0.05) is 13.6 Å². The highest BCUT2D eigenvalue weighted by atomic mass is 19.1. The van der Waals surface area contributed by atoms with Crippen molar-refractivity contribution in [2.24, 2.45) is 5.92 Å². The van der Waals surface area contributed by atoms with Gasteiger partial charge in [-0.25, -0.2) is 19.2 Å². The molecule has 2 aromatic rings.